The smallest absolute Gasteiger partial charge is 0.545 e. The maximum atomic E-state index is 10.7. The molecule has 0 aliphatic rings. The average Bonchev–Trinajstić information content (AvgIpc) is 2.26. The molecule has 0 saturated carbocycles. The van der Waals surface area contributed by atoms with Crippen LogP contribution in [0.25, 0.3) is 0 Å². The van der Waals surface area contributed by atoms with Crippen LogP contribution in [0.15, 0.2) is 12.1 Å². The molecule has 1 aromatic carbocycles. The van der Waals surface area contributed by atoms with Gasteiger partial charge in [0.1, 0.15) is 0 Å². The first-order valence-corrected chi connectivity index (χ1v) is 4.33. The molecule has 0 spiro atoms. The first kappa shape index (κ1) is 17.4. The topological polar surface area (TPSA) is 155 Å². The summed E-state index contributed by atoms with van der Waals surface area (Å²) in [5.41, 5.74) is -3.63. The van der Waals surface area contributed by atoms with Crippen molar-refractivity contribution in [3.8, 4) is 0 Å². The Hall–Kier alpha value is -1.64. The molecule has 0 aliphatic carbocycles. The van der Waals surface area contributed by atoms with Gasteiger partial charge in [-0.05, 0) is 12.1 Å². The zero-order valence-corrected chi connectivity index (χ0v) is 11.4. The molecular weight excluding hydrogens is 288 g/mol. The molecule has 0 aromatic heterocycles. The maximum absolute atomic E-state index is 10.7. The monoisotopic (exact) mass is 292 g/mol. The number of hydrogen-bond acceptors (Lipinski definition) is 6. The molecule has 0 bridgehead atoms. The molecule has 0 heterocycles. The number of benzene rings is 1. The molecule has 0 saturated heterocycles. The maximum Gasteiger partial charge on any atom is 2.00 e. The zero-order valence-electron chi connectivity index (χ0n) is 9.21. The Kier molecular flexibility index (Phi) is 5.94. The third kappa shape index (κ3) is 3.66. The van der Waals surface area contributed by atoms with E-state index in [0.717, 1.165) is 0 Å². The van der Waals surface area contributed by atoms with Gasteiger partial charge in [0.25, 0.3) is 0 Å². The largest absolute Gasteiger partial charge is 2.00 e. The Morgan fingerprint density at radius 3 is 1.21 bits per heavy atom. The van der Waals surface area contributed by atoms with E-state index in [1.54, 1.807) is 0 Å². The number of carboxylic acids is 4. The van der Waals surface area contributed by atoms with Gasteiger partial charge < -0.3 is 30.0 Å². The van der Waals surface area contributed by atoms with Crippen molar-refractivity contribution in [2.45, 2.75) is 0 Å². The average molecular weight is 292 g/mol. The summed E-state index contributed by atoms with van der Waals surface area (Å²) in [5.74, 6) is -7.32. The van der Waals surface area contributed by atoms with Crippen LogP contribution in [-0.4, -0.2) is 71.8 Å². The minimum absolute atomic E-state index is 0. The molecule has 19 heavy (non-hydrogen) atoms. The van der Waals surface area contributed by atoms with Crippen molar-refractivity contribution in [2.24, 2.45) is 0 Å². The van der Waals surface area contributed by atoms with Crippen molar-refractivity contribution < 1.29 is 39.6 Å². The third-order valence-electron chi connectivity index (χ3n) is 2.06. The van der Waals surface area contributed by atoms with Gasteiger partial charge in [0.2, 0.25) is 0 Å². The second-order valence-electron chi connectivity index (χ2n) is 3.13. The molecule has 2 N–H and O–H groups in total. The number of carbonyl (C=O) groups excluding carboxylic acids is 2. The second kappa shape index (κ2) is 6.50. The Morgan fingerprint density at radius 2 is 1.00 bits per heavy atom. The van der Waals surface area contributed by atoms with Crippen LogP contribution in [-0.2, 0) is 0 Å². The van der Waals surface area contributed by atoms with Gasteiger partial charge in [-0.2, -0.15) is 0 Å². The molecular formula is C10H4CaO8. The van der Waals surface area contributed by atoms with Crippen LogP contribution in [0.3, 0.4) is 0 Å². The van der Waals surface area contributed by atoms with Gasteiger partial charge >= 0.3 is 49.7 Å². The number of rotatable bonds is 4. The van der Waals surface area contributed by atoms with Crippen LogP contribution < -0.4 is 10.2 Å². The predicted octanol–water partition coefficient (Wildman–Crippen LogP) is -2.57. The first-order valence-electron chi connectivity index (χ1n) is 4.33. The molecule has 0 fully saturated rings. The quantitative estimate of drug-likeness (QED) is 0.573. The predicted molar refractivity (Wildman–Crippen MR) is 54.8 cm³/mol. The number of aromatic carboxylic acids is 4. The SMILES string of the molecule is O=C([O-])c1cc(C(=O)[O-])c(C(=O)O)cc1C(=O)O.[Ca+2]. The Morgan fingerprint density at radius 1 is 0.737 bits per heavy atom. The second-order valence-corrected chi connectivity index (χ2v) is 3.13. The minimum atomic E-state index is -1.94. The van der Waals surface area contributed by atoms with Crippen molar-refractivity contribution in [3.05, 3.63) is 34.4 Å². The van der Waals surface area contributed by atoms with Crippen molar-refractivity contribution in [1.82, 2.24) is 0 Å². The van der Waals surface area contributed by atoms with Crippen LogP contribution >= 0.6 is 0 Å². The van der Waals surface area contributed by atoms with Crippen molar-refractivity contribution in [3.63, 3.8) is 0 Å². The zero-order chi connectivity index (χ0) is 14.0. The van der Waals surface area contributed by atoms with E-state index in [2.05, 4.69) is 0 Å². The van der Waals surface area contributed by atoms with Crippen LogP contribution in [0.2, 0.25) is 0 Å². The fourth-order valence-electron chi connectivity index (χ4n) is 1.29. The van der Waals surface area contributed by atoms with Gasteiger partial charge in [-0.15, -0.1) is 0 Å². The van der Waals surface area contributed by atoms with E-state index in [4.69, 9.17) is 10.2 Å². The summed E-state index contributed by atoms with van der Waals surface area (Å²) >= 11 is 0. The van der Waals surface area contributed by atoms with E-state index < -0.39 is 46.1 Å². The minimum Gasteiger partial charge on any atom is -0.545 e. The molecule has 9 heteroatoms. The molecule has 94 valence electrons. The van der Waals surface area contributed by atoms with E-state index in [0.29, 0.717) is 12.1 Å². The van der Waals surface area contributed by atoms with Crippen LogP contribution in [0.1, 0.15) is 41.4 Å². The molecule has 1 rings (SSSR count). The molecule has 0 unspecified atom stereocenters. The van der Waals surface area contributed by atoms with Crippen molar-refractivity contribution >= 4 is 61.6 Å². The van der Waals surface area contributed by atoms with Gasteiger partial charge in [-0.1, -0.05) is 0 Å². The molecule has 0 radical (unpaired) electrons. The first-order chi connectivity index (χ1) is 8.25. The number of carbonyl (C=O) groups is 4. The Bertz CT molecular complexity index is 479. The van der Waals surface area contributed by atoms with Gasteiger partial charge in [-0.25, -0.2) is 9.59 Å². The summed E-state index contributed by atoms with van der Waals surface area (Å²) in [6.07, 6.45) is 0. The van der Waals surface area contributed by atoms with E-state index >= 15 is 0 Å². The summed E-state index contributed by atoms with van der Waals surface area (Å²) < 4.78 is 0. The van der Waals surface area contributed by atoms with Crippen LogP contribution in [0.5, 0.6) is 0 Å². The summed E-state index contributed by atoms with van der Waals surface area (Å²) in [6.45, 7) is 0. The fraction of sp³-hybridized carbons (Fsp3) is 0. The van der Waals surface area contributed by atoms with Gasteiger partial charge in [0, 0.05) is 11.1 Å². The summed E-state index contributed by atoms with van der Waals surface area (Å²) in [4.78, 5) is 42.8. The molecule has 0 atom stereocenters. The van der Waals surface area contributed by atoms with Gasteiger partial charge in [0.05, 0.1) is 23.1 Å². The molecule has 0 aliphatic heterocycles. The molecule has 8 nitrogen and oxygen atoms in total. The van der Waals surface area contributed by atoms with Crippen molar-refractivity contribution in [1.29, 1.82) is 0 Å². The van der Waals surface area contributed by atoms with Gasteiger partial charge in [0.15, 0.2) is 0 Å². The Labute approximate surface area is 135 Å². The van der Waals surface area contributed by atoms with E-state index in [1.807, 2.05) is 0 Å². The van der Waals surface area contributed by atoms with Gasteiger partial charge in [-0.3, -0.25) is 0 Å². The summed E-state index contributed by atoms with van der Waals surface area (Å²) in [6, 6.07) is 0.818. The molecule has 1 aromatic rings. The van der Waals surface area contributed by atoms with Crippen LogP contribution in [0, 0.1) is 0 Å². The van der Waals surface area contributed by atoms with E-state index in [9.17, 15) is 29.4 Å². The standard InChI is InChI=1S/C10H6O8.Ca/c11-7(12)3-1-4(8(13)14)6(10(17)18)2-5(3)9(15)16;/h1-2H,(H,11,12)(H,13,14)(H,15,16)(H,17,18);/q;+2/p-2. The van der Waals surface area contributed by atoms with E-state index in [-0.39, 0.29) is 37.7 Å². The normalized spacial score (nSPS) is 9.26. The number of carboxylic acid groups (broad SMARTS) is 4. The van der Waals surface area contributed by atoms with E-state index in [1.165, 1.54) is 0 Å². The Balaban J connectivity index is 0.00000324. The fourth-order valence-corrected chi connectivity index (χ4v) is 1.29. The molecule has 0 amide bonds. The van der Waals surface area contributed by atoms with Crippen LogP contribution in [0.4, 0.5) is 0 Å². The third-order valence-corrected chi connectivity index (χ3v) is 2.06. The summed E-state index contributed by atoms with van der Waals surface area (Å²) in [5, 5.41) is 38.7. The van der Waals surface area contributed by atoms with Crippen molar-refractivity contribution in [2.75, 3.05) is 0 Å². The summed E-state index contributed by atoms with van der Waals surface area (Å²) in [7, 11) is 0. The number of hydrogen-bond donors (Lipinski definition) is 2.